The summed E-state index contributed by atoms with van der Waals surface area (Å²) in [7, 11) is 0. The number of anilines is 1. The van der Waals surface area contributed by atoms with E-state index in [0.29, 0.717) is 12.2 Å². The first-order valence-corrected chi connectivity index (χ1v) is 8.53. The average Bonchev–Trinajstić information content (AvgIpc) is 2.45. The van der Waals surface area contributed by atoms with Gasteiger partial charge < -0.3 is 10.1 Å². The molecule has 1 aromatic heterocycles. The van der Waals surface area contributed by atoms with Crippen LogP contribution in [0.25, 0.3) is 0 Å². The van der Waals surface area contributed by atoms with Gasteiger partial charge in [-0.25, -0.2) is 9.97 Å². The van der Waals surface area contributed by atoms with Crippen molar-refractivity contribution in [2.24, 2.45) is 0 Å². The fourth-order valence-electron chi connectivity index (χ4n) is 3.05. The number of aryl methyl sites for hydroxylation is 2. The summed E-state index contributed by atoms with van der Waals surface area (Å²) >= 11 is 0. The Balaban J connectivity index is 1.66. The zero-order valence-electron chi connectivity index (χ0n) is 14.4. The normalized spacial score (nSPS) is 22.7. The zero-order valence-corrected chi connectivity index (χ0v) is 14.4. The lowest BCUT2D eigenvalue weighted by atomic mass is 10.2. The van der Waals surface area contributed by atoms with Crippen LogP contribution in [0.2, 0.25) is 0 Å². The van der Waals surface area contributed by atoms with E-state index in [4.69, 9.17) is 4.74 Å². The summed E-state index contributed by atoms with van der Waals surface area (Å²) in [5, 5.41) is 3.42. The van der Waals surface area contributed by atoms with Crippen LogP contribution in [-0.4, -0.2) is 53.3 Å². The molecule has 1 aromatic rings. The molecule has 22 heavy (non-hydrogen) atoms. The molecule has 2 atom stereocenters. The zero-order chi connectivity index (χ0) is 15.9. The number of nitrogens with one attached hydrogen (secondary N) is 1. The van der Waals surface area contributed by atoms with Gasteiger partial charge in [0.1, 0.15) is 11.6 Å². The van der Waals surface area contributed by atoms with Crippen LogP contribution in [0, 0.1) is 6.92 Å². The van der Waals surface area contributed by atoms with Gasteiger partial charge in [0.15, 0.2) is 0 Å². The lowest BCUT2D eigenvalue weighted by Gasteiger charge is -2.35. The van der Waals surface area contributed by atoms with Crippen molar-refractivity contribution in [1.29, 1.82) is 0 Å². The van der Waals surface area contributed by atoms with Crippen molar-refractivity contribution in [1.82, 2.24) is 14.9 Å². The Kier molecular flexibility index (Phi) is 6.58. The summed E-state index contributed by atoms with van der Waals surface area (Å²) in [4.78, 5) is 11.4. The van der Waals surface area contributed by atoms with Gasteiger partial charge in [-0.1, -0.05) is 6.92 Å². The molecule has 1 aliphatic rings. The third kappa shape index (κ3) is 5.54. The van der Waals surface area contributed by atoms with Gasteiger partial charge in [-0.05, 0) is 46.6 Å². The van der Waals surface area contributed by atoms with E-state index in [0.717, 1.165) is 56.4 Å². The minimum absolute atomic E-state index is 0.360. The molecule has 1 N–H and O–H groups in total. The first kappa shape index (κ1) is 17.2. The molecule has 5 heteroatoms. The van der Waals surface area contributed by atoms with Gasteiger partial charge in [-0.3, -0.25) is 4.90 Å². The van der Waals surface area contributed by atoms with Crippen LogP contribution in [0.4, 0.5) is 5.82 Å². The number of aromatic nitrogens is 2. The van der Waals surface area contributed by atoms with Crippen LogP contribution in [0.15, 0.2) is 6.07 Å². The fraction of sp³-hybridized carbons (Fsp3) is 0.765. The highest BCUT2D eigenvalue weighted by molar-refractivity contribution is 5.35. The summed E-state index contributed by atoms with van der Waals surface area (Å²) in [5.41, 5.74) is 1.10. The number of hydrogen-bond acceptors (Lipinski definition) is 5. The van der Waals surface area contributed by atoms with E-state index in [-0.39, 0.29) is 0 Å². The Hall–Kier alpha value is -1.20. The van der Waals surface area contributed by atoms with Crippen LogP contribution in [0.5, 0.6) is 0 Å². The van der Waals surface area contributed by atoms with E-state index >= 15 is 0 Å². The minimum atomic E-state index is 0.360. The second-order valence-corrected chi connectivity index (χ2v) is 6.30. The molecule has 1 aliphatic heterocycles. The Morgan fingerprint density at radius 2 is 1.95 bits per heavy atom. The molecule has 2 heterocycles. The van der Waals surface area contributed by atoms with E-state index in [1.54, 1.807) is 0 Å². The van der Waals surface area contributed by atoms with E-state index in [9.17, 15) is 0 Å². The Morgan fingerprint density at radius 3 is 2.64 bits per heavy atom. The van der Waals surface area contributed by atoms with Crippen molar-refractivity contribution in [2.45, 2.75) is 59.2 Å². The van der Waals surface area contributed by atoms with E-state index in [1.165, 1.54) is 6.42 Å². The molecule has 2 unspecified atom stereocenters. The van der Waals surface area contributed by atoms with Crippen molar-refractivity contribution in [3.05, 3.63) is 17.6 Å². The lowest BCUT2D eigenvalue weighted by Crippen LogP contribution is -2.45. The molecule has 1 fully saturated rings. The second-order valence-electron chi connectivity index (χ2n) is 6.30. The maximum absolute atomic E-state index is 5.77. The highest BCUT2D eigenvalue weighted by atomic mass is 16.5. The number of hydrogen-bond donors (Lipinski definition) is 1. The van der Waals surface area contributed by atoms with E-state index in [2.05, 4.69) is 47.0 Å². The van der Waals surface area contributed by atoms with E-state index in [1.807, 2.05) is 6.92 Å². The third-order valence-corrected chi connectivity index (χ3v) is 3.96. The van der Waals surface area contributed by atoms with Gasteiger partial charge in [0, 0.05) is 31.4 Å². The van der Waals surface area contributed by atoms with Crippen LogP contribution in [0.3, 0.4) is 0 Å². The highest BCUT2D eigenvalue weighted by Gasteiger charge is 2.21. The molecule has 0 saturated carbocycles. The Morgan fingerprint density at radius 1 is 1.23 bits per heavy atom. The monoisotopic (exact) mass is 306 g/mol. The Bertz CT molecular complexity index is 456. The summed E-state index contributed by atoms with van der Waals surface area (Å²) in [6, 6.07) is 2.05. The third-order valence-electron chi connectivity index (χ3n) is 3.96. The predicted octanol–water partition coefficient (Wildman–Crippen LogP) is 2.65. The quantitative estimate of drug-likeness (QED) is 0.785. The maximum Gasteiger partial charge on any atom is 0.129 e. The summed E-state index contributed by atoms with van der Waals surface area (Å²) in [6.45, 7) is 12.6. The van der Waals surface area contributed by atoms with Crippen molar-refractivity contribution >= 4 is 5.82 Å². The van der Waals surface area contributed by atoms with E-state index < -0.39 is 0 Å². The van der Waals surface area contributed by atoms with Crippen molar-refractivity contribution in [3.63, 3.8) is 0 Å². The Labute approximate surface area is 134 Å². The fourth-order valence-corrected chi connectivity index (χ4v) is 3.05. The SMILES string of the molecule is CCc1cc(NCCCCN2CC(C)OC(C)C2)nc(C)n1. The molecule has 0 radical (unpaired) electrons. The van der Waals surface area contributed by atoms with Gasteiger partial charge in [-0.15, -0.1) is 0 Å². The van der Waals surface area contributed by atoms with Gasteiger partial charge in [-0.2, -0.15) is 0 Å². The summed E-state index contributed by atoms with van der Waals surface area (Å²) in [6.07, 6.45) is 4.03. The largest absolute Gasteiger partial charge is 0.373 e. The van der Waals surface area contributed by atoms with Gasteiger partial charge in [0.05, 0.1) is 12.2 Å². The number of unbranched alkanes of at least 4 members (excludes halogenated alkanes) is 1. The molecule has 0 spiro atoms. The first-order valence-electron chi connectivity index (χ1n) is 8.53. The number of ether oxygens (including phenoxy) is 1. The molecule has 124 valence electrons. The molecule has 1 saturated heterocycles. The van der Waals surface area contributed by atoms with Gasteiger partial charge in [0.2, 0.25) is 0 Å². The highest BCUT2D eigenvalue weighted by Crippen LogP contribution is 2.12. The molecule has 0 aliphatic carbocycles. The van der Waals surface area contributed by atoms with Crippen LogP contribution < -0.4 is 5.32 Å². The molecule has 0 aromatic carbocycles. The summed E-state index contributed by atoms with van der Waals surface area (Å²) in [5.74, 6) is 1.80. The molecule has 2 rings (SSSR count). The van der Waals surface area contributed by atoms with Crippen molar-refractivity contribution < 1.29 is 4.74 Å². The number of rotatable bonds is 7. The number of morpholine rings is 1. The maximum atomic E-state index is 5.77. The standard InChI is InChI=1S/C17H30N4O/c1-5-16-10-17(20-15(4)19-16)18-8-6-7-9-21-11-13(2)22-14(3)12-21/h10,13-14H,5-9,11-12H2,1-4H3,(H,18,19,20). The minimum Gasteiger partial charge on any atom is -0.373 e. The first-order chi connectivity index (χ1) is 10.6. The molecule has 5 nitrogen and oxygen atoms in total. The van der Waals surface area contributed by atoms with Crippen molar-refractivity contribution in [2.75, 3.05) is 31.5 Å². The molecule has 0 bridgehead atoms. The smallest absolute Gasteiger partial charge is 0.129 e. The molecular weight excluding hydrogens is 276 g/mol. The van der Waals surface area contributed by atoms with Crippen LogP contribution in [-0.2, 0) is 11.2 Å². The topological polar surface area (TPSA) is 50.3 Å². The molecule has 0 amide bonds. The summed E-state index contributed by atoms with van der Waals surface area (Å²) < 4.78 is 5.77. The van der Waals surface area contributed by atoms with Crippen LogP contribution in [0.1, 0.15) is 45.1 Å². The van der Waals surface area contributed by atoms with Crippen molar-refractivity contribution in [3.8, 4) is 0 Å². The lowest BCUT2D eigenvalue weighted by molar-refractivity contribution is -0.0681. The number of nitrogens with zero attached hydrogens (tertiary/aromatic N) is 3. The van der Waals surface area contributed by atoms with Crippen LogP contribution >= 0.6 is 0 Å². The van der Waals surface area contributed by atoms with Gasteiger partial charge >= 0.3 is 0 Å². The predicted molar refractivity (Wildman–Crippen MR) is 90.3 cm³/mol. The average molecular weight is 306 g/mol. The molecular formula is C17H30N4O. The van der Waals surface area contributed by atoms with Gasteiger partial charge in [0.25, 0.3) is 0 Å². The second kappa shape index (κ2) is 8.44.